The Bertz CT molecular complexity index is 377. The van der Waals surface area contributed by atoms with Crippen LogP contribution in [0.2, 0.25) is 0 Å². The molecule has 0 aliphatic carbocycles. The summed E-state index contributed by atoms with van der Waals surface area (Å²) < 4.78 is 3.26. The summed E-state index contributed by atoms with van der Waals surface area (Å²) in [6.45, 7) is 12.9. The maximum absolute atomic E-state index is 4.52. The van der Waals surface area contributed by atoms with E-state index < -0.39 is 0 Å². The zero-order chi connectivity index (χ0) is 13.8. The summed E-state index contributed by atoms with van der Waals surface area (Å²) >= 11 is 3.56. The average Bonchev–Trinajstić information content (AvgIpc) is 2.50. The maximum atomic E-state index is 4.52. The summed E-state index contributed by atoms with van der Waals surface area (Å²) in [5.41, 5.74) is 2.56. The SMILES string of the molecule is Cc1nn(CCCCCNC(C)(C)C)c(C)c1Br. The lowest BCUT2D eigenvalue weighted by atomic mass is 10.1. The van der Waals surface area contributed by atoms with Gasteiger partial charge in [0, 0.05) is 17.8 Å². The lowest BCUT2D eigenvalue weighted by molar-refractivity contribution is 0.412. The van der Waals surface area contributed by atoms with Crippen molar-refractivity contribution in [3.05, 3.63) is 15.9 Å². The Balaban J connectivity index is 2.20. The smallest absolute Gasteiger partial charge is 0.0738 e. The van der Waals surface area contributed by atoms with Crippen molar-refractivity contribution in [3.63, 3.8) is 0 Å². The lowest BCUT2D eigenvalue weighted by Crippen LogP contribution is -2.36. The predicted molar refractivity (Wildman–Crippen MR) is 81.0 cm³/mol. The van der Waals surface area contributed by atoms with Crippen molar-refractivity contribution in [1.29, 1.82) is 0 Å². The molecule has 0 aromatic carbocycles. The van der Waals surface area contributed by atoms with Crippen LogP contribution in [0.5, 0.6) is 0 Å². The van der Waals surface area contributed by atoms with Gasteiger partial charge in [-0.3, -0.25) is 4.68 Å². The molecule has 0 saturated carbocycles. The van der Waals surface area contributed by atoms with E-state index in [4.69, 9.17) is 0 Å². The molecule has 18 heavy (non-hydrogen) atoms. The van der Waals surface area contributed by atoms with E-state index >= 15 is 0 Å². The van der Waals surface area contributed by atoms with E-state index in [1.165, 1.54) is 25.0 Å². The van der Waals surface area contributed by atoms with E-state index in [1.54, 1.807) is 0 Å². The van der Waals surface area contributed by atoms with Crippen molar-refractivity contribution < 1.29 is 0 Å². The van der Waals surface area contributed by atoms with Gasteiger partial charge in [-0.15, -0.1) is 0 Å². The Morgan fingerprint density at radius 2 is 1.83 bits per heavy atom. The monoisotopic (exact) mass is 315 g/mol. The molecule has 4 heteroatoms. The molecule has 3 nitrogen and oxygen atoms in total. The molecule has 1 N–H and O–H groups in total. The first-order chi connectivity index (χ1) is 8.31. The van der Waals surface area contributed by atoms with Gasteiger partial charge in [0.1, 0.15) is 0 Å². The minimum atomic E-state index is 0.237. The van der Waals surface area contributed by atoms with Gasteiger partial charge in [0.2, 0.25) is 0 Å². The Morgan fingerprint density at radius 1 is 1.17 bits per heavy atom. The standard InChI is InChI=1S/C14H26BrN3/c1-11-13(15)12(2)18(17-11)10-8-6-7-9-16-14(3,4)5/h16H,6-10H2,1-5H3. The van der Waals surface area contributed by atoms with Gasteiger partial charge < -0.3 is 5.32 Å². The lowest BCUT2D eigenvalue weighted by Gasteiger charge is -2.20. The highest BCUT2D eigenvalue weighted by Gasteiger charge is 2.09. The van der Waals surface area contributed by atoms with E-state index in [-0.39, 0.29) is 5.54 Å². The second-order valence-corrected chi connectivity index (χ2v) is 6.74. The molecule has 0 spiro atoms. The third-order valence-corrected chi connectivity index (χ3v) is 4.14. The Morgan fingerprint density at radius 3 is 2.33 bits per heavy atom. The first-order valence-corrected chi connectivity index (χ1v) is 7.55. The van der Waals surface area contributed by atoms with Crippen LogP contribution in [0, 0.1) is 13.8 Å². The fraction of sp³-hybridized carbons (Fsp3) is 0.786. The second kappa shape index (κ2) is 6.71. The van der Waals surface area contributed by atoms with Gasteiger partial charge in [0.25, 0.3) is 0 Å². The van der Waals surface area contributed by atoms with Gasteiger partial charge in [0.05, 0.1) is 10.2 Å². The van der Waals surface area contributed by atoms with Crippen LogP contribution < -0.4 is 5.32 Å². The van der Waals surface area contributed by atoms with E-state index in [9.17, 15) is 0 Å². The summed E-state index contributed by atoms with van der Waals surface area (Å²) in [6.07, 6.45) is 3.68. The number of aryl methyl sites for hydroxylation is 2. The molecule has 0 atom stereocenters. The highest BCUT2D eigenvalue weighted by molar-refractivity contribution is 9.10. The number of hydrogen-bond acceptors (Lipinski definition) is 2. The summed E-state index contributed by atoms with van der Waals surface area (Å²) in [5.74, 6) is 0. The average molecular weight is 316 g/mol. The zero-order valence-corrected chi connectivity index (χ0v) is 13.9. The van der Waals surface area contributed by atoms with Crippen molar-refractivity contribution >= 4 is 15.9 Å². The largest absolute Gasteiger partial charge is 0.312 e. The van der Waals surface area contributed by atoms with Crippen LogP contribution in [0.3, 0.4) is 0 Å². The van der Waals surface area contributed by atoms with Crippen LogP contribution >= 0.6 is 15.9 Å². The molecule has 1 rings (SSSR count). The van der Waals surface area contributed by atoms with E-state index in [0.29, 0.717) is 0 Å². The molecule has 0 saturated heterocycles. The summed E-state index contributed by atoms with van der Waals surface area (Å²) in [6, 6.07) is 0. The van der Waals surface area contributed by atoms with Crippen LogP contribution in [0.1, 0.15) is 51.4 Å². The molecule has 0 fully saturated rings. The van der Waals surface area contributed by atoms with Crippen LogP contribution in [0.4, 0.5) is 0 Å². The third-order valence-electron chi connectivity index (χ3n) is 3.00. The molecule has 0 unspecified atom stereocenters. The number of nitrogens with zero attached hydrogens (tertiary/aromatic N) is 2. The molecule has 104 valence electrons. The number of aromatic nitrogens is 2. The summed E-state index contributed by atoms with van der Waals surface area (Å²) in [5, 5.41) is 8.04. The fourth-order valence-corrected chi connectivity index (χ4v) is 2.20. The molecule has 0 radical (unpaired) electrons. The molecular formula is C14H26BrN3. The van der Waals surface area contributed by atoms with Gasteiger partial charge in [0.15, 0.2) is 0 Å². The first kappa shape index (κ1) is 15.7. The van der Waals surface area contributed by atoms with Crippen molar-refractivity contribution in [2.45, 2.75) is 66.0 Å². The summed E-state index contributed by atoms with van der Waals surface area (Å²) in [7, 11) is 0. The quantitative estimate of drug-likeness (QED) is 0.809. The number of halogens is 1. The fourth-order valence-electron chi connectivity index (χ4n) is 1.92. The maximum Gasteiger partial charge on any atom is 0.0738 e. The van der Waals surface area contributed by atoms with Crippen molar-refractivity contribution in [2.24, 2.45) is 0 Å². The van der Waals surface area contributed by atoms with Crippen molar-refractivity contribution in [2.75, 3.05) is 6.54 Å². The van der Waals surface area contributed by atoms with Crippen molar-refractivity contribution in [1.82, 2.24) is 15.1 Å². The number of unbranched alkanes of at least 4 members (excludes halogenated alkanes) is 2. The van der Waals surface area contributed by atoms with Gasteiger partial charge in [-0.25, -0.2) is 0 Å². The molecular weight excluding hydrogens is 290 g/mol. The summed E-state index contributed by atoms with van der Waals surface area (Å²) in [4.78, 5) is 0. The molecule has 0 amide bonds. The van der Waals surface area contributed by atoms with Gasteiger partial charge in [-0.05, 0) is 69.9 Å². The Hall–Kier alpha value is -0.350. The number of hydrogen-bond donors (Lipinski definition) is 1. The Kier molecular flexibility index (Phi) is 5.86. The minimum absolute atomic E-state index is 0.237. The normalized spacial score (nSPS) is 12.1. The van der Waals surface area contributed by atoms with Crippen LogP contribution in [-0.2, 0) is 6.54 Å². The van der Waals surface area contributed by atoms with Gasteiger partial charge >= 0.3 is 0 Å². The third kappa shape index (κ3) is 5.11. The topological polar surface area (TPSA) is 29.9 Å². The van der Waals surface area contributed by atoms with Gasteiger partial charge in [-0.2, -0.15) is 5.10 Å². The molecule has 1 aromatic rings. The zero-order valence-electron chi connectivity index (χ0n) is 12.3. The number of rotatable bonds is 6. The van der Waals surface area contributed by atoms with Crippen LogP contribution in [0.25, 0.3) is 0 Å². The molecule has 1 heterocycles. The molecule has 1 aromatic heterocycles. The van der Waals surface area contributed by atoms with E-state index in [2.05, 4.69) is 58.7 Å². The molecule has 0 aliphatic rings. The number of nitrogens with one attached hydrogen (secondary N) is 1. The first-order valence-electron chi connectivity index (χ1n) is 6.76. The van der Waals surface area contributed by atoms with Gasteiger partial charge in [-0.1, -0.05) is 6.42 Å². The molecule has 0 bridgehead atoms. The van der Waals surface area contributed by atoms with E-state index in [0.717, 1.165) is 23.3 Å². The van der Waals surface area contributed by atoms with Crippen LogP contribution in [0.15, 0.2) is 4.47 Å². The highest BCUT2D eigenvalue weighted by Crippen LogP contribution is 2.20. The van der Waals surface area contributed by atoms with E-state index in [1.807, 2.05) is 6.92 Å². The second-order valence-electron chi connectivity index (χ2n) is 5.95. The van der Waals surface area contributed by atoms with Crippen LogP contribution in [-0.4, -0.2) is 21.9 Å². The highest BCUT2D eigenvalue weighted by atomic mass is 79.9. The Labute approximate surface area is 119 Å². The van der Waals surface area contributed by atoms with Crippen molar-refractivity contribution in [3.8, 4) is 0 Å². The predicted octanol–water partition coefficient (Wildman–Crippen LogP) is 3.82. The molecule has 0 aliphatic heterocycles. The minimum Gasteiger partial charge on any atom is -0.312 e.